The molecule has 0 saturated carbocycles. The van der Waals surface area contributed by atoms with Crippen molar-refractivity contribution in [3.63, 3.8) is 0 Å². The number of aldehydes is 1. The van der Waals surface area contributed by atoms with Crippen molar-refractivity contribution in [1.29, 1.82) is 0 Å². The lowest BCUT2D eigenvalue weighted by Crippen LogP contribution is -1.92. The quantitative estimate of drug-likeness (QED) is 0.555. The zero-order valence-corrected chi connectivity index (χ0v) is 13.7. The zero-order chi connectivity index (χ0) is 17.2. The molecule has 0 aliphatic rings. The molecule has 2 aromatic heterocycles. The van der Waals surface area contributed by atoms with E-state index in [4.69, 9.17) is 9.15 Å². The predicted octanol–water partition coefficient (Wildman–Crippen LogP) is 4.23. The fraction of sp³-hybridized carbons (Fsp3) is 0.100. The summed E-state index contributed by atoms with van der Waals surface area (Å²) in [5, 5.41) is 0.841. The van der Waals surface area contributed by atoms with Gasteiger partial charge in [-0.05, 0) is 11.6 Å². The second-order valence-corrected chi connectivity index (χ2v) is 5.76. The van der Waals surface area contributed by atoms with Crippen LogP contribution in [0.4, 0.5) is 0 Å². The third kappa shape index (κ3) is 2.70. The van der Waals surface area contributed by atoms with Gasteiger partial charge in [-0.1, -0.05) is 30.3 Å². The molecule has 0 aliphatic carbocycles. The summed E-state index contributed by atoms with van der Waals surface area (Å²) in [6, 6.07) is 13.8. The van der Waals surface area contributed by atoms with E-state index in [0.29, 0.717) is 23.5 Å². The van der Waals surface area contributed by atoms with Crippen molar-refractivity contribution in [2.45, 2.75) is 6.42 Å². The number of benzene rings is 2. The number of ether oxygens (including phenoxy) is 1. The molecular weight excluding hydrogens is 316 g/mol. The van der Waals surface area contributed by atoms with Crippen LogP contribution in [0.1, 0.15) is 21.6 Å². The minimum absolute atomic E-state index is 0.599. The highest BCUT2D eigenvalue weighted by Crippen LogP contribution is 2.36. The Bertz CT molecular complexity index is 1020. The first kappa shape index (κ1) is 15.2. The summed E-state index contributed by atoms with van der Waals surface area (Å²) in [6.07, 6.45) is 4.55. The first-order valence-corrected chi connectivity index (χ1v) is 7.90. The molecule has 1 N–H and O–H groups in total. The number of carbonyl (C=O) groups excluding carboxylic acids is 1. The molecule has 124 valence electrons. The summed E-state index contributed by atoms with van der Waals surface area (Å²) in [5.74, 6) is 1.26. The summed E-state index contributed by atoms with van der Waals surface area (Å²) in [7, 11) is 1.61. The van der Waals surface area contributed by atoms with Crippen molar-refractivity contribution in [2.24, 2.45) is 0 Å². The molecule has 4 rings (SSSR count). The molecule has 0 aliphatic heterocycles. The van der Waals surface area contributed by atoms with E-state index in [1.807, 2.05) is 42.5 Å². The molecule has 5 nitrogen and oxygen atoms in total. The number of nitrogens with one attached hydrogen (secondary N) is 1. The van der Waals surface area contributed by atoms with Crippen molar-refractivity contribution in [3.8, 4) is 17.1 Å². The van der Waals surface area contributed by atoms with Gasteiger partial charge in [-0.3, -0.25) is 4.79 Å². The predicted molar refractivity (Wildman–Crippen MR) is 95.0 cm³/mol. The van der Waals surface area contributed by atoms with E-state index in [1.54, 1.807) is 13.3 Å². The lowest BCUT2D eigenvalue weighted by molar-refractivity contribution is 0.112. The van der Waals surface area contributed by atoms with Gasteiger partial charge in [-0.25, -0.2) is 4.98 Å². The van der Waals surface area contributed by atoms with Gasteiger partial charge in [0.2, 0.25) is 0 Å². The largest absolute Gasteiger partial charge is 0.496 e. The Morgan fingerprint density at radius 2 is 2.08 bits per heavy atom. The van der Waals surface area contributed by atoms with Crippen LogP contribution in [0, 0.1) is 0 Å². The van der Waals surface area contributed by atoms with Crippen LogP contribution in [0.5, 0.6) is 5.75 Å². The van der Waals surface area contributed by atoms with Crippen molar-refractivity contribution >= 4 is 17.2 Å². The Hall–Kier alpha value is -3.34. The maximum atomic E-state index is 11.8. The number of hydrogen-bond donors (Lipinski definition) is 1. The lowest BCUT2D eigenvalue weighted by Gasteiger charge is -2.06. The van der Waals surface area contributed by atoms with E-state index in [2.05, 4.69) is 9.97 Å². The highest BCUT2D eigenvalue weighted by atomic mass is 16.5. The Balaban J connectivity index is 1.88. The summed E-state index contributed by atoms with van der Waals surface area (Å²) in [4.78, 5) is 19.1. The number of oxazole rings is 1. The normalized spacial score (nSPS) is 10.9. The van der Waals surface area contributed by atoms with E-state index in [-0.39, 0.29) is 0 Å². The second-order valence-electron chi connectivity index (χ2n) is 5.76. The molecule has 4 aromatic rings. The molecule has 0 saturated heterocycles. The first-order valence-electron chi connectivity index (χ1n) is 7.90. The van der Waals surface area contributed by atoms with E-state index < -0.39 is 0 Å². The van der Waals surface area contributed by atoms with Crippen molar-refractivity contribution in [2.75, 3.05) is 7.11 Å². The second kappa shape index (κ2) is 6.28. The number of carbonyl (C=O) groups is 1. The number of fused-ring (bicyclic) bond motifs is 1. The van der Waals surface area contributed by atoms with Gasteiger partial charge in [0.1, 0.15) is 5.75 Å². The van der Waals surface area contributed by atoms with Gasteiger partial charge in [0, 0.05) is 29.1 Å². The Morgan fingerprint density at radius 3 is 2.76 bits per heavy atom. The Labute approximate surface area is 144 Å². The van der Waals surface area contributed by atoms with Gasteiger partial charge in [0.05, 0.1) is 24.4 Å². The zero-order valence-electron chi connectivity index (χ0n) is 13.7. The molecule has 2 heterocycles. The summed E-state index contributed by atoms with van der Waals surface area (Å²) >= 11 is 0. The van der Waals surface area contributed by atoms with Gasteiger partial charge >= 0.3 is 0 Å². The summed E-state index contributed by atoms with van der Waals surface area (Å²) < 4.78 is 10.9. The third-order valence-corrected chi connectivity index (χ3v) is 4.28. The number of rotatable bonds is 5. The summed E-state index contributed by atoms with van der Waals surface area (Å²) in [5.41, 5.74) is 4.30. The number of nitrogens with zero attached hydrogens (tertiary/aromatic N) is 1. The Morgan fingerprint density at radius 1 is 1.24 bits per heavy atom. The van der Waals surface area contributed by atoms with Crippen LogP contribution >= 0.6 is 0 Å². The molecule has 0 fully saturated rings. The number of hydrogen-bond acceptors (Lipinski definition) is 4. The van der Waals surface area contributed by atoms with E-state index in [1.165, 1.54) is 6.39 Å². The fourth-order valence-electron chi connectivity index (χ4n) is 3.08. The first-order chi connectivity index (χ1) is 12.3. The number of aromatic amines is 1. The summed E-state index contributed by atoms with van der Waals surface area (Å²) in [6.45, 7) is 0. The van der Waals surface area contributed by atoms with Gasteiger partial charge in [0.15, 0.2) is 18.4 Å². The lowest BCUT2D eigenvalue weighted by atomic mass is 10.0. The van der Waals surface area contributed by atoms with E-state index >= 15 is 0 Å². The van der Waals surface area contributed by atoms with Crippen LogP contribution in [0.2, 0.25) is 0 Å². The number of H-pyrrole nitrogens is 1. The minimum atomic E-state index is 0.599. The monoisotopic (exact) mass is 332 g/mol. The fourth-order valence-corrected chi connectivity index (χ4v) is 3.08. The Kier molecular flexibility index (Phi) is 3.82. The van der Waals surface area contributed by atoms with Crippen LogP contribution in [-0.4, -0.2) is 23.4 Å². The van der Waals surface area contributed by atoms with Crippen LogP contribution in [0.25, 0.3) is 22.2 Å². The van der Waals surface area contributed by atoms with Crippen molar-refractivity contribution in [3.05, 3.63) is 71.9 Å². The van der Waals surface area contributed by atoms with Gasteiger partial charge in [0.25, 0.3) is 0 Å². The van der Waals surface area contributed by atoms with Crippen LogP contribution < -0.4 is 4.74 Å². The maximum Gasteiger partial charge on any atom is 0.181 e. The molecule has 5 heteroatoms. The van der Waals surface area contributed by atoms with Crippen LogP contribution in [-0.2, 0) is 6.42 Å². The van der Waals surface area contributed by atoms with Gasteiger partial charge in [-0.15, -0.1) is 0 Å². The highest BCUT2D eigenvalue weighted by Gasteiger charge is 2.17. The standard InChI is InChI=1S/C20H16N2O3/c1-24-19-9-18-14(8-15(19)20-10-21-12-25-20)16(11-23)17(22-18)7-13-5-3-2-4-6-13/h2-6,8-12,22H,7H2,1H3. The third-order valence-electron chi connectivity index (χ3n) is 4.28. The molecule has 0 radical (unpaired) electrons. The molecule has 0 amide bonds. The maximum absolute atomic E-state index is 11.8. The average Bonchev–Trinajstić information content (AvgIpc) is 3.28. The smallest absolute Gasteiger partial charge is 0.181 e. The molecule has 0 spiro atoms. The SMILES string of the molecule is COc1cc2[nH]c(Cc3ccccc3)c(C=O)c2cc1-c1cnco1. The topological polar surface area (TPSA) is 68.1 Å². The van der Waals surface area contributed by atoms with Crippen molar-refractivity contribution < 1.29 is 13.9 Å². The minimum Gasteiger partial charge on any atom is -0.496 e. The molecule has 0 atom stereocenters. The highest BCUT2D eigenvalue weighted by molar-refractivity contribution is 6.01. The van der Waals surface area contributed by atoms with Crippen LogP contribution in [0.3, 0.4) is 0 Å². The molecular formula is C20H16N2O3. The number of aromatic nitrogens is 2. The molecule has 0 bridgehead atoms. The van der Waals surface area contributed by atoms with Gasteiger partial charge < -0.3 is 14.1 Å². The van der Waals surface area contributed by atoms with Gasteiger partial charge in [-0.2, -0.15) is 0 Å². The van der Waals surface area contributed by atoms with E-state index in [9.17, 15) is 4.79 Å². The number of methoxy groups -OCH3 is 1. The molecule has 0 unspecified atom stereocenters. The van der Waals surface area contributed by atoms with Crippen LogP contribution in [0.15, 0.2) is 59.5 Å². The van der Waals surface area contributed by atoms with Crippen molar-refractivity contribution in [1.82, 2.24) is 9.97 Å². The molecule has 2 aromatic carbocycles. The molecule has 25 heavy (non-hydrogen) atoms. The average molecular weight is 332 g/mol. The van der Waals surface area contributed by atoms with E-state index in [0.717, 1.165) is 34.0 Å².